The van der Waals surface area contributed by atoms with Crippen molar-refractivity contribution in [1.29, 1.82) is 5.26 Å². The van der Waals surface area contributed by atoms with Crippen LogP contribution in [0.15, 0.2) is 60.7 Å². The normalized spacial score (nSPS) is 22.3. The molecule has 1 saturated carbocycles. The summed E-state index contributed by atoms with van der Waals surface area (Å²) in [5, 5.41) is 22.7. The van der Waals surface area contributed by atoms with E-state index in [1.807, 2.05) is 60.7 Å². The first-order chi connectivity index (χ1) is 14.2. The average molecular weight is 394 g/mol. The van der Waals surface area contributed by atoms with Gasteiger partial charge in [0.05, 0.1) is 51.0 Å². The van der Waals surface area contributed by atoms with Gasteiger partial charge in [-0.15, -0.1) is 0 Å². The van der Waals surface area contributed by atoms with Gasteiger partial charge < -0.3 is 14.6 Å². The predicted molar refractivity (Wildman–Crippen MR) is 107 cm³/mol. The van der Waals surface area contributed by atoms with E-state index in [9.17, 15) is 15.2 Å². The highest BCUT2D eigenvalue weighted by Gasteiger charge is 2.59. The molecule has 0 bridgehead atoms. The van der Waals surface area contributed by atoms with Crippen LogP contribution < -0.4 is 5.32 Å². The molecule has 0 amide bonds. The summed E-state index contributed by atoms with van der Waals surface area (Å²) < 4.78 is 10.7. The van der Waals surface area contributed by atoms with E-state index in [1.165, 1.54) is 7.11 Å². The van der Waals surface area contributed by atoms with Gasteiger partial charge in [-0.05, 0) is 11.1 Å². The van der Waals surface area contributed by atoms with Crippen LogP contribution in [0.3, 0.4) is 0 Å². The molecule has 2 aromatic carbocycles. The molecule has 1 aliphatic carbocycles. The predicted octanol–water partition coefficient (Wildman–Crippen LogP) is 2.45. The second kappa shape index (κ2) is 10.2. The number of nitriles is 1. The molecule has 0 heterocycles. The van der Waals surface area contributed by atoms with E-state index < -0.39 is 6.04 Å². The number of carbonyl (C=O) groups excluding carboxylic acids is 1. The third-order valence-corrected chi connectivity index (χ3v) is 5.41. The lowest BCUT2D eigenvalue weighted by molar-refractivity contribution is -0.143. The summed E-state index contributed by atoms with van der Waals surface area (Å²) in [6.45, 7) is 0.674. The van der Waals surface area contributed by atoms with E-state index in [-0.39, 0.29) is 36.4 Å². The van der Waals surface area contributed by atoms with Gasteiger partial charge in [0.1, 0.15) is 0 Å². The first kappa shape index (κ1) is 21.0. The van der Waals surface area contributed by atoms with Gasteiger partial charge in [-0.1, -0.05) is 60.7 Å². The van der Waals surface area contributed by atoms with E-state index in [2.05, 4.69) is 11.4 Å². The van der Waals surface area contributed by atoms with Crippen LogP contribution in [0.25, 0.3) is 0 Å². The summed E-state index contributed by atoms with van der Waals surface area (Å²) in [6.07, 6.45) is 0. The summed E-state index contributed by atoms with van der Waals surface area (Å²) in [7, 11) is 1.36. The first-order valence-electron chi connectivity index (χ1n) is 9.70. The molecule has 0 aromatic heterocycles. The zero-order valence-electron chi connectivity index (χ0n) is 16.4. The molecule has 0 radical (unpaired) electrons. The molecule has 2 N–H and O–H groups in total. The minimum Gasteiger partial charge on any atom is -0.469 e. The summed E-state index contributed by atoms with van der Waals surface area (Å²) in [5.74, 6) is -1.03. The Balaban J connectivity index is 1.64. The Labute approximate surface area is 171 Å². The van der Waals surface area contributed by atoms with Gasteiger partial charge in [-0.3, -0.25) is 10.1 Å². The SMILES string of the molecule is COC(=O)[C@H]1[C@H](COCc2ccccc2)[C@@H]1[C@@H](C#N)N[C@@H](CO)c1ccccc1. The Morgan fingerprint density at radius 1 is 1.17 bits per heavy atom. The maximum Gasteiger partial charge on any atom is 0.309 e. The number of benzene rings is 2. The topological polar surface area (TPSA) is 91.6 Å². The number of aliphatic hydroxyl groups is 1. The van der Waals surface area contributed by atoms with Crippen LogP contribution in [0.5, 0.6) is 0 Å². The number of rotatable bonds is 10. The number of hydrogen-bond donors (Lipinski definition) is 2. The van der Waals surface area contributed by atoms with Crippen LogP contribution in [-0.4, -0.2) is 37.4 Å². The fourth-order valence-electron chi connectivity index (χ4n) is 3.82. The van der Waals surface area contributed by atoms with E-state index in [1.54, 1.807) is 0 Å². The van der Waals surface area contributed by atoms with Gasteiger partial charge in [0.15, 0.2) is 0 Å². The van der Waals surface area contributed by atoms with Crippen LogP contribution in [-0.2, 0) is 20.9 Å². The zero-order chi connectivity index (χ0) is 20.6. The Bertz CT molecular complexity index is 822. The molecule has 0 aliphatic heterocycles. The monoisotopic (exact) mass is 394 g/mol. The second-order valence-electron chi connectivity index (χ2n) is 7.21. The van der Waals surface area contributed by atoms with Crippen molar-refractivity contribution >= 4 is 5.97 Å². The van der Waals surface area contributed by atoms with Gasteiger partial charge in [0, 0.05) is 11.8 Å². The third kappa shape index (κ3) is 5.21. The Morgan fingerprint density at radius 2 is 1.83 bits per heavy atom. The molecular weight excluding hydrogens is 368 g/mol. The minimum atomic E-state index is -0.596. The maximum absolute atomic E-state index is 12.2. The molecular formula is C23H26N2O4. The fourth-order valence-corrected chi connectivity index (χ4v) is 3.82. The first-order valence-corrected chi connectivity index (χ1v) is 9.70. The number of methoxy groups -OCH3 is 1. The number of esters is 1. The summed E-state index contributed by atoms with van der Waals surface area (Å²) in [4.78, 5) is 12.2. The standard InChI is InChI=1S/C23H26N2O4/c1-28-23(27)22-18(15-29-14-16-8-4-2-5-9-16)21(22)19(12-24)25-20(13-26)17-10-6-3-7-11-17/h2-11,18-22,25-26H,13-15H2,1H3/t18-,19-,20+,21-,22+/m1/s1. The number of ether oxygens (including phenoxy) is 2. The Hall–Kier alpha value is -2.72. The molecule has 0 spiro atoms. The molecule has 0 saturated heterocycles. The number of nitrogens with zero attached hydrogens (tertiary/aromatic N) is 1. The Morgan fingerprint density at radius 3 is 2.41 bits per heavy atom. The quantitative estimate of drug-likeness (QED) is 0.602. The highest BCUT2D eigenvalue weighted by Crippen LogP contribution is 2.50. The number of hydrogen-bond acceptors (Lipinski definition) is 6. The second-order valence-corrected chi connectivity index (χ2v) is 7.21. The lowest BCUT2D eigenvalue weighted by Crippen LogP contribution is -2.36. The van der Waals surface area contributed by atoms with Crippen molar-refractivity contribution in [3.8, 4) is 6.07 Å². The third-order valence-electron chi connectivity index (χ3n) is 5.41. The van der Waals surface area contributed by atoms with Crippen LogP contribution in [0.2, 0.25) is 0 Å². The largest absolute Gasteiger partial charge is 0.469 e. The number of aliphatic hydroxyl groups excluding tert-OH is 1. The van der Waals surface area contributed by atoms with Crippen LogP contribution in [0.1, 0.15) is 17.2 Å². The van der Waals surface area contributed by atoms with Gasteiger partial charge in [-0.2, -0.15) is 5.26 Å². The lowest BCUT2D eigenvalue weighted by Gasteiger charge is -2.21. The molecule has 0 unspecified atom stereocenters. The van der Waals surface area contributed by atoms with Crippen molar-refractivity contribution < 1.29 is 19.4 Å². The number of carbonyl (C=O) groups is 1. The minimum absolute atomic E-state index is 0.0987. The van der Waals surface area contributed by atoms with E-state index in [0.29, 0.717) is 13.2 Å². The molecule has 2 aromatic rings. The van der Waals surface area contributed by atoms with Crippen LogP contribution in [0.4, 0.5) is 0 Å². The highest BCUT2D eigenvalue weighted by molar-refractivity contribution is 5.76. The molecule has 1 aliphatic rings. The Kier molecular flexibility index (Phi) is 7.36. The molecule has 6 heteroatoms. The van der Waals surface area contributed by atoms with Crippen molar-refractivity contribution in [3.63, 3.8) is 0 Å². The highest BCUT2D eigenvalue weighted by atomic mass is 16.5. The van der Waals surface area contributed by atoms with Crippen molar-refractivity contribution in [2.45, 2.75) is 18.7 Å². The van der Waals surface area contributed by atoms with E-state index in [4.69, 9.17) is 9.47 Å². The van der Waals surface area contributed by atoms with Crippen molar-refractivity contribution in [2.24, 2.45) is 17.8 Å². The van der Waals surface area contributed by atoms with Gasteiger partial charge >= 0.3 is 5.97 Å². The fraction of sp³-hybridized carbons (Fsp3) is 0.391. The van der Waals surface area contributed by atoms with Crippen LogP contribution >= 0.6 is 0 Å². The molecule has 6 nitrogen and oxygen atoms in total. The van der Waals surface area contributed by atoms with Crippen molar-refractivity contribution in [3.05, 3.63) is 71.8 Å². The zero-order valence-corrected chi connectivity index (χ0v) is 16.4. The van der Waals surface area contributed by atoms with Gasteiger partial charge in [0.25, 0.3) is 0 Å². The van der Waals surface area contributed by atoms with E-state index >= 15 is 0 Å². The van der Waals surface area contributed by atoms with Crippen molar-refractivity contribution in [1.82, 2.24) is 5.32 Å². The van der Waals surface area contributed by atoms with E-state index in [0.717, 1.165) is 11.1 Å². The summed E-state index contributed by atoms with van der Waals surface area (Å²) in [6, 6.07) is 20.5. The smallest absolute Gasteiger partial charge is 0.309 e. The molecule has 5 atom stereocenters. The molecule has 152 valence electrons. The number of nitrogens with one attached hydrogen (secondary N) is 1. The summed E-state index contributed by atoms with van der Waals surface area (Å²) in [5.41, 5.74) is 1.95. The van der Waals surface area contributed by atoms with Gasteiger partial charge in [0.2, 0.25) is 0 Å². The lowest BCUT2D eigenvalue weighted by atomic mass is 10.0. The molecule has 1 fully saturated rings. The van der Waals surface area contributed by atoms with Crippen molar-refractivity contribution in [2.75, 3.05) is 20.3 Å². The molecule has 3 rings (SSSR count). The summed E-state index contributed by atoms with van der Waals surface area (Å²) >= 11 is 0. The van der Waals surface area contributed by atoms with Gasteiger partial charge in [-0.25, -0.2) is 0 Å². The molecule has 29 heavy (non-hydrogen) atoms. The average Bonchev–Trinajstić information content (AvgIpc) is 3.49. The van der Waals surface area contributed by atoms with Crippen LogP contribution in [0, 0.1) is 29.1 Å². The maximum atomic E-state index is 12.2.